The molecule has 0 spiro atoms. The minimum atomic E-state index is -1.08. The lowest BCUT2D eigenvalue weighted by Crippen LogP contribution is -2.48. The van der Waals surface area contributed by atoms with Crippen LogP contribution in [0.2, 0.25) is 0 Å². The molecule has 9 nitrogen and oxygen atoms in total. The molecule has 2 saturated heterocycles. The molecular weight excluding hydrogens is 578 g/mol. The van der Waals surface area contributed by atoms with Crippen LogP contribution in [0.25, 0.3) is 10.9 Å². The number of hydrogen-bond donors (Lipinski definition) is 0. The lowest BCUT2D eigenvalue weighted by atomic mass is 10.0. The lowest BCUT2D eigenvalue weighted by molar-refractivity contribution is 0.157. The van der Waals surface area contributed by atoms with Crippen LogP contribution in [0.4, 0.5) is 20.3 Å². The number of aromatic nitrogens is 3. The Morgan fingerprint density at radius 2 is 1.87 bits per heavy atom. The Balaban J connectivity index is 1.22. The number of benzene rings is 1. The van der Waals surface area contributed by atoms with E-state index in [1.165, 1.54) is 12.8 Å². The van der Waals surface area contributed by atoms with Gasteiger partial charge in [0, 0.05) is 69.3 Å². The summed E-state index contributed by atoms with van der Waals surface area (Å²) in [5.74, 6) is -0.789. The highest BCUT2D eigenvalue weighted by Gasteiger charge is 2.30. The van der Waals surface area contributed by atoms with Gasteiger partial charge in [0.05, 0.1) is 35.9 Å². The second kappa shape index (κ2) is 12.3. The lowest BCUT2D eigenvalue weighted by Gasteiger charge is -2.40. The average Bonchev–Trinajstić information content (AvgIpc) is 3.61. The number of ether oxygens (including phenoxy) is 2. The highest BCUT2D eigenvalue weighted by atomic mass is 19.2. The van der Waals surface area contributed by atoms with E-state index >= 15 is 0 Å². The van der Waals surface area contributed by atoms with E-state index in [9.17, 15) is 13.6 Å². The summed E-state index contributed by atoms with van der Waals surface area (Å²) in [5, 5.41) is 0.132. The predicted molar refractivity (Wildman–Crippen MR) is 169 cm³/mol. The minimum Gasteiger partial charge on any atom is -0.486 e. The van der Waals surface area contributed by atoms with Crippen LogP contribution < -0.4 is 24.7 Å². The van der Waals surface area contributed by atoms with E-state index in [1.54, 1.807) is 19.5 Å². The molecule has 0 amide bonds. The third kappa shape index (κ3) is 5.69. The van der Waals surface area contributed by atoms with Crippen LogP contribution in [0.15, 0.2) is 53.7 Å². The molecule has 11 heteroatoms. The van der Waals surface area contributed by atoms with Crippen molar-refractivity contribution in [3.63, 3.8) is 0 Å². The first-order chi connectivity index (χ1) is 21.9. The van der Waals surface area contributed by atoms with Gasteiger partial charge in [0.25, 0.3) is 0 Å². The third-order valence-electron chi connectivity index (χ3n) is 9.39. The summed E-state index contributed by atoms with van der Waals surface area (Å²) in [5.41, 5.74) is 2.62. The van der Waals surface area contributed by atoms with Gasteiger partial charge >= 0.3 is 0 Å². The van der Waals surface area contributed by atoms with Crippen molar-refractivity contribution >= 4 is 22.4 Å². The third-order valence-corrected chi connectivity index (χ3v) is 9.39. The number of anilines is 2. The standard InChI is InChI=1S/C34H38F2N6O3/c1-22-21-45-34-31(36)28(35)15-27-32(34)42(22)19-24(33(27)43)18-41(17-23-9-10-37-30(14-23)44-2)26-6-5-13-40(20-26)25-7-8-29(38-16-25)39-11-3-4-12-39/h7-10,14-16,19,22,26H,3-6,11-13,17-18,20-21H2,1-2H3/t22?,26-/m0/s1. The molecular formula is C34H38F2N6O3. The number of halogens is 2. The Morgan fingerprint density at radius 3 is 2.64 bits per heavy atom. The van der Waals surface area contributed by atoms with Crippen molar-refractivity contribution in [1.82, 2.24) is 19.4 Å². The van der Waals surface area contributed by atoms with Gasteiger partial charge in [-0.15, -0.1) is 0 Å². The van der Waals surface area contributed by atoms with Crippen LogP contribution in [-0.2, 0) is 13.1 Å². The topological polar surface area (TPSA) is 76.0 Å². The van der Waals surface area contributed by atoms with E-state index < -0.39 is 11.6 Å². The number of rotatable bonds is 8. The first-order valence-electron chi connectivity index (χ1n) is 15.8. The highest BCUT2D eigenvalue weighted by Crippen LogP contribution is 2.36. The molecule has 1 unspecified atom stereocenters. The zero-order valence-electron chi connectivity index (χ0n) is 25.7. The van der Waals surface area contributed by atoms with Crippen molar-refractivity contribution in [1.29, 1.82) is 0 Å². The quantitative estimate of drug-likeness (QED) is 0.264. The van der Waals surface area contributed by atoms with Gasteiger partial charge in [-0.05, 0) is 62.4 Å². The predicted octanol–water partition coefficient (Wildman–Crippen LogP) is 5.30. The fourth-order valence-electron chi connectivity index (χ4n) is 6.98. The van der Waals surface area contributed by atoms with E-state index in [0.29, 0.717) is 30.0 Å². The van der Waals surface area contributed by atoms with E-state index in [1.807, 2.05) is 29.8 Å². The van der Waals surface area contributed by atoms with Crippen LogP contribution in [0.1, 0.15) is 49.8 Å². The number of hydrogen-bond acceptors (Lipinski definition) is 8. The fourth-order valence-corrected chi connectivity index (χ4v) is 6.98. The van der Waals surface area contributed by atoms with Crippen LogP contribution in [0.5, 0.6) is 11.6 Å². The van der Waals surface area contributed by atoms with Gasteiger partial charge in [-0.25, -0.2) is 14.4 Å². The van der Waals surface area contributed by atoms with Crippen molar-refractivity contribution in [2.45, 2.75) is 57.8 Å². The molecule has 4 aromatic rings. The molecule has 45 heavy (non-hydrogen) atoms. The summed E-state index contributed by atoms with van der Waals surface area (Å²) in [4.78, 5) is 30.0. The average molecular weight is 617 g/mol. The van der Waals surface area contributed by atoms with Gasteiger partial charge in [-0.2, -0.15) is 4.39 Å². The number of piperidine rings is 1. The molecule has 236 valence electrons. The molecule has 0 radical (unpaired) electrons. The maximum absolute atomic E-state index is 14.7. The van der Waals surface area contributed by atoms with Crippen molar-refractivity contribution in [3.8, 4) is 11.6 Å². The summed E-state index contributed by atoms with van der Waals surface area (Å²) in [6.07, 6.45) is 9.86. The summed E-state index contributed by atoms with van der Waals surface area (Å²) in [6, 6.07) is 9.13. The molecule has 2 atom stereocenters. The summed E-state index contributed by atoms with van der Waals surface area (Å²) in [7, 11) is 1.59. The summed E-state index contributed by atoms with van der Waals surface area (Å²) < 4.78 is 42.2. The zero-order valence-corrected chi connectivity index (χ0v) is 25.7. The maximum atomic E-state index is 14.7. The molecule has 2 fully saturated rings. The van der Waals surface area contributed by atoms with Gasteiger partial charge in [0.2, 0.25) is 11.7 Å². The van der Waals surface area contributed by atoms with Gasteiger partial charge in [-0.1, -0.05) is 0 Å². The molecule has 7 rings (SSSR count). The SMILES string of the molecule is COc1cc(CN(Cc2cn3c4c(c(F)c(F)cc4c2=O)OCC3C)[C@H]2CCCN(c3ccc(N4CCCC4)nc3)C2)ccn1. The Labute approximate surface area is 261 Å². The van der Waals surface area contributed by atoms with Gasteiger partial charge in [0.1, 0.15) is 12.4 Å². The Morgan fingerprint density at radius 1 is 1.04 bits per heavy atom. The van der Waals surface area contributed by atoms with Crippen LogP contribution in [-0.4, -0.2) is 65.4 Å². The minimum absolute atomic E-state index is 0.119. The molecule has 1 aromatic carbocycles. The Kier molecular flexibility index (Phi) is 8.03. The number of nitrogens with zero attached hydrogens (tertiary/aromatic N) is 6. The second-order valence-electron chi connectivity index (χ2n) is 12.4. The van der Waals surface area contributed by atoms with Crippen molar-refractivity contribution < 1.29 is 18.3 Å². The molecule has 6 heterocycles. The van der Waals surface area contributed by atoms with Crippen molar-refractivity contribution in [2.75, 3.05) is 49.7 Å². The van der Waals surface area contributed by atoms with Crippen molar-refractivity contribution in [2.24, 2.45) is 0 Å². The largest absolute Gasteiger partial charge is 0.486 e. The second-order valence-corrected chi connectivity index (χ2v) is 12.4. The number of methoxy groups -OCH3 is 1. The van der Waals surface area contributed by atoms with Gasteiger partial charge in [-0.3, -0.25) is 9.69 Å². The fraction of sp³-hybridized carbons (Fsp3) is 0.441. The maximum Gasteiger partial charge on any atom is 0.213 e. The molecule has 0 N–H and O–H groups in total. The van der Waals surface area contributed by atoms with E-state index in [-0.39, 0.29) is 35.3 Å². The zero-order chi connectivity index (χ0) is 31.1. The van der Waals surface area contributed by atoms with E-state index in [0.717, 1.165) is 62.2 Å². The Bertz CT molecular complexity index is 1760. The number of pyridine rings is 3. The first-order valence-corrected chi connectivity index (χ1v) is 15.8. The molecule has 0 saturated carbocycles. The molecule has 3 aromatic heterocycles. The van der Waals surface area contributed by atoms with E-state index in [2.05, 4.69) is 31.8 Å². The highest BCUT2D eigenvalue weighted by molar-refractivity contribution is 5.86. The monoisotopic (exact) mass is 616 g/mol. The molecule has 0 aliphatic carbocycles. The first kappa shape index (κ1) is 29.5. The molecule has 3 aliphatic rings. The smallest absolute Gasteiger partial charge is 0.213 e. The van der Waals surface area contributed by atoms with Crippen LogP contribution in [0.3, 0.4) is 0 Å². The summed E-state index contributed by atoms with van der Waals surface area (Å²) in [6.45, 7) is 6.83. The normalized spacial score (nSPS) is 19.8. The van der Waals surface area contributed by atoms with E-state index in [4.69, 9.17) is 14.5 Å². The summed E-state index contributed by atoms with van der Waals surface area (Å²) >= 11 is 0. The van der Waals surface area contributed by atoms with Crippen LogP contribution in [0, 0.1) is 11.6 Å². The van der Waals surface area contributed by atoms with Crippen molar-refractivity contribution in [3.05, 3.63) is 81.9 Å². The van der Waals surface area contributed by atoms with Gasteiger partial charge in [0.15, 0.2) is 17.0 Å². The van der Waals surface area contributed by atoms with Crippen LogP contribution >= 0.6 is 0 Å². The van der Waals surface area contributed by atoms with Gasteiger partial charge < -0.3 is 23.8 Å². The Hall–Kier alpha value is -4.25. The molecule has 0 bridgehead atoms. The molecule has 3 aliphatic heterocycles.